The maximum absolute atomic E-state index is 12.9. The molecule has 1 aromatic carbocycles. The Morgan fingerprint density at radius 2 is 1.94 bits per heavy atom. The van der Waals surface area contributed by atoms with E-state index < -0.39 is 0 Å². The Kier molecular flexibility index (Phi) is 5.15. The fourth-order valence-electron chi connectivity index (χ4n) is 5.86. The number of hydrogen-bond donors (Lipinski definition) is 1. The summed E-state index contributed by atoms with van der Waals surface area (Å²) in [5, 5.41) is 3.21. The number of nitrogens with one attached hydrogen (secondary N) is 1. The normalized spacial score (nSPS) is 27.2. The fourth-order valence-corrected chi connectivity index (χ4v) is 5.86. The number of nitrogens with zero attached hydrogens (tertiary/aromatic N) is 5. The number of amides is 2. The maximum atomic E-state index is 12.9. The number of rotatable bonds is 4. The third-order valence-electron chi connectivity index (χ3n) is 7.72. The molecular formula is C25H30N6O2. The summed E-state index contributed by atoms with van der Waals surface area (Å²) in [7, 11) is 0. The van der Waals surface area contributed by atoms with Crippen molar-refractivity contribution in [2.24, 2.45) is 11.8 Å². The molecule has 3 aliphatic rings. The molecule has 2 amide bonds. The van der Waals surface area contributed by atoms with Crippen molar-refractivity contribution < 1.29 is 9.53 Å². The van der Waals surface area contributed by atoms with Gasteiger partial charge in [-0.2, -0.15) is 0 Å². The molecule has 1 aliphatic heterocycles. The number of aromatic nitrogens is 4. The highest BCUT2D eigenvalue weighted by Gasteiger charge is 2.46. The molecule has 6 rings (SSSR count). The van der Waals surface area contributed by atoms with Crippen molar-refractivity contribution in [2.75, 3.05) is 13.1 Å². The minimum absolute atomic E-state index is 0.0612. The van der Waals surface area contributed by atoms with Crippen molar-refractivity contribution in [2.45, 2.75) is 57.2 Å². The van der Waals surface area contributed by atoms with Gasteiger partial charge in [-0.25, -0.2) is 14.8 Å². The van der Waals surface area contributed by atoms with Crippen LogP contribution >= 0.6 is 0 Å². The molecule has 0 spiro atoms. The average molecular weight is 447 g/mol. The first kappa shape index (κ1) is 20.4. The molecule has 33 heavy (non-hydrogen) atoms. The van der Waals surface area contributed by atoms with Crippen LogP contribution < -0.4 is 10.1 Å². The highest BCUT2D eigenvalue weighted by Crippen LogP contribution is 2.44. The van der Waals surface area contributed by atoms with E-state index in [-0.39, 0.29) is 18.2 Å². The second kappa shape index (κ2) is 8.32. The molecule has 4 atom stereocenters. The summed E-state index contributed by atoms with van der Waals surface area (Å²) in [5.74, 6) is 2.41. The van der Waals surface area contributed by atoms with Crippen LogP contribution in [-0.2, 0) is 0 Å². The Balaban J connectivity index is 1.29. The van der Waals surface area contributed by atoms with Crippen LogP contribution in [0.5, 0.6) is 5.88 Å². The van der Waals surface area contributed by atoms with Gasteiger partial charge in [0.15, 0.2) is 0 Å². The fraction of sp³-hybridized carbons (Fsp3) is 0.520. The van der Waals surface area contributed by atoms with E-state index in [1.165, 1.54) is 6.42 Å². The highest BCUT2D eigenvalue weighted by atomic mass is 16.5. The van der Waals surface area contributed by atoms with Crippen molar-refractivity contribution in [3.63, 3.8) is 0 Å². The summed E-state index contributed by atoms with van der Waals surface area (Å²) in [6.45, 7) is 3.67. The van der Waals surface area contributed by atoms with E-state index in [0.29, 0.717) is 23.8 Å². The molecule has 0 unspecified atom stereocenters. The quantitative estimate of drug-likeness (QED) is 0.660. The second-order valence-corrected chi connectivity index (χ2v) is 9.76. The Labute approximate surface area is 193 Å². The van der Waals surface area contributed by atoms with Gasteiger partial charge in [0.1, 0.15) is 11.9 Å². The van der Waals surface area contributed by atoms with Gasteiger partial charge < -0.3 is 19.5 Å². The minimum atomic E-state index is -0.0612. The standard InChI is InChI=1S/C25H30N6O2/c1-16-28-20-7-2-3-8-21(20)31(16)22-11-17-14-30(25(32)29-19-5-4-6-19)15-18(17)12-23(22)33-24-13-26-9-10-27-24/h2-3,7-10,13,17-19,22-23H,4-6,11-12,14-15H2,1H3,(H,29,32)/t17-,18+,22-,23-/m0/s1. The van der Waals surface area contributed by atoms with Gasteiger partial charge in [0, 0.05) is 31.5 Å². The van der Waals surface area contributed by atoms with Gasteiger partial charge in [-0.15, -0.1) is 0 Å². The predicted octanol–water partition coefficient (Wildman–Crippen LogP) is 3.73. The number of imidazole rings is 1. The zero-order valence-electron chi connectivity index (χ0n) is 18.9. The van der Waals surface area contributed by atoms with Gasteiger partial charge in [0.25, 0.3) is 0 Å². The Morgan fingerprint density at radius 3 is 2.70 bits per heavy atom. The Morgan fingerprint density at radius 1 is 1.12 bits per heavy atom. The van der Waals surface area contributed by atoms with Gasteiger partial charge >= 0.3 is 6.03 Å². The number of hydrogen-bond acceptors (Lipinski definition) is 5. The van der Waals surface area contributed by atoms with E-state index in [1.807, 2.05) is 11.0 Å². The zero-order valence-corrected chi connectivity index (χ0v) is 18.9. The molecule has 1 N–H and O–H groups in total. The molecule has 3 aromatic rings. The Hall–Kier alpha value is -3.16. The summed E-state index contributed by atoms with van der Waals surface area (Å²) >= 11 is 0. The van der Waals surface area contributed by atoms with Crippen LogP contribution in [0.1, 0.15) is 44.0 Å². The van der Waals surface area contributed by atoms with Gasteiger partial charge in [-0.3, -0.25) is 4.98 Å². The van der Waals surface area contributed by atoms with E-state index in [4.69, 9.17) is 9.72 Å². The largest absolute Gasteiger partial charge is 0.471 e. The summed E-state index contributed by atoms with van der Waals surface area (Å²) in [5.41, 5.74) is 2.13. The molecule has 172 valence electrons. The van der Waals surface area contributed by atoms with Crippen molar-refractivity contribution in [1.29, 1.82) is 0 Å². The lowest BCUT2D eigenvalue weighted by atomic mass is 9.77. The smallest absolute Gasteiger partial charge is 0.317 e. The lowest BCUT2D eigenvalue weighted by Crippen LogP contribution is -2.46. The van der Waals surface area contributed by atoms with Gasteiger partial charge in [-0.1, -0.05) is 12.1 Å². The molecular weight excluding hydrogens is 416 g/mol. The average Bonchev–Trinajstić information content (AvgIpc) is 3.36. The molecule has 2 saturated carbocycles. The lowest BCUT2D eigenvalue weighted by molar-refractivity contribution is 0.0519. The van der Waals surface area contributed by atoms with Gasteiger partial charge in [0.2, 0.25) is 5.88 Å². The van der Waals surface area contributed by atoms with E-state index in [9.17, 15) is 4.79 Å². The first-order chi connectivity index (χ1) is 16.2. The summed E-state index contributed by atoms with van der Waals surface area (Å²) in [4.78, 5) is 28.2. The minimum Gasteiger partial charge on any atom is -0.471 e. The van der Waals surface area contributed by atoms with Crippen molar-refractivity contribution in [3.8, 4) is 5.88 Å². The maximum Gasteiger partial charge on any atom is 0.317 e. The second-order valence-electron chi connectivity index (χ2n) is 9.76. The van der Waals surface area contributed by atoms with E-state index in [0.717, 1.165) is 55.6 Å². The molecule has 0 radical (unpaired) electrons. The SMILES string of the molecule is Cc1nc2ccccc2n1[C@H]1C[C@H]2CN(C(=O)NC3CCC3)C[C@H]2C[C@@H]1Oc1cnccn1. The van der Waals surface area contributed by atoms with Crippen LogP contribution in [0.2, 0.25) is 0 Å². The third kappa shape index (κ3) is 3.81. The molecule has 8 nitrogen and oxygen atoms in total. The zero-order chi connectivity index (χ0) is 22.4. The molecule has 3 fully saturated rings. The van der Waals surface area contributed by atoms with Crippen molar-refractivity contribution >= 4 is 17.1 Å². The van der Waals surface area contributed by atoms with Crippen LogP contribution in [-0.4, -0.2) is 55.7 Å². The number of likely N-dealkylation sites (tertiary alicyclic amines) is 1. The number of para-hydroxylation sites is 2. The van der Waals surface area contributed by atoms with Crippen LogP contribution in [0.3, 0.4) is 0 Å². The number of aryl methyl sites for hydroxylation is 1. The van der Waals surface area contributed by atoms with Crippen LogP contribution in [0, 0.1) is 18.8 Å². The van der Waals surface area contributed by atoms with Crippen molar-refractivity contribution in [3.05, 3.63) is 48.7 Å². The van der Waals surface area contributed by atoms with E-state index >= 15 is 0 Å². The number of carbonyl (C=O) groups is 1. The molecule has 2 aromatic heterocycles. The lowest BCUT2D eigenvalue weighted by Gasteiger charge is -2.39. The van der Waals surface area contributed by atoms with Crippen LogP contribution in [0.25, 0.3) is 11.0 Å². The van der Waals surface area contributed by atoms with E-state index in [1.54, 1.807) is 18.6 Å². The van der Waals surface area contributed by atoms with Crippen LogP contribution in [0.15, 0.2) is 42.9 Å². The summed E-state index contributed by atoms with van der Waals surface area (Å²) in [6.07, 6.45) is 10.2. The van der Waals surface area contributed by atoms with Crippen LogP contribution in [0.4, 0.5) is 4.79 Å². The number of urea groups is 1. The first-order valence-corrected chi connectivity index (χ1v) is 12.1. The predicted molar refractivity (Wildman–Crippen MR) is 124 cm³/mol. The Bertz CT molecular complexity index is 1140. The van der Waals surface area contributed by atoms with Gasteiger partial charge in [0.05, 0.1) is 23.3 Å². The number of carbonyl (C=O) groups excluding carboxylic acids is 1. The topological polar surface area (TPSA) is 85.2 Å². The highest BCUT2D eigenvalue weighted by molar-refractivity contribution is 5.76. The number of ether oxygens (including phenoxy) is 1. The summed E-state index contributed by atoms with van der Waals surface area (Å²) < 4.78 is 8.79. The third-order valence-corrected chi connectivity index (χ3v) is 7.72. The molecule has 8 heteroatoms. The monoisotopic (exact) mass is 446 g/mol. The molecule has 3 heterocycles. The molecule has 1 saturated heterocycles. The first-order valence-electron chi connectivity index (χ1n) is 12.1. The number of fused-ring (bicyclic) bond motifs is 2. The number of benzene rings is 1. The molecule has 2 aliphatic carbocycles. The van der Waals surface area contributed by atoms with E-state index in [2.05, 4.69) is 45.0 Å². The van der Waals surface area contributed by atoms with Gasteiger partial charge in [-0.05, 0) is 63.0 Å². The summed E-state index contributed by atoms with van der Waals surface area (Å²) in [6, 6.07) is 8.86. The van der Waals surface area contributed by atoms with Crippen molar-refractivity contribution in [1.82, 2.24) is 29.7 Å². The molecule has 0 bridgehead atoms.